The van der Waals surface area contributed by atoms with Crippen molar-refractivity contribution in [1.29, 1.82) is 0 Å². The van der Waals surface area contributed by atoms with Crippen LogP contribution in [-0.2, 0) is 9.53 Å². The van der Waals surface area contributed by atoms with Crippen molar-refractivity contribution in [3.63, 3.8) is 0 Å². The zero-order valence-corrected chi connectivity index (χ0v) is 8.02. The fraction of sp³-hybridized carbons (Fsp3) is 0.700. The second kappa shape index (κ2) is 3.30. The molecule has 12 heavy (non-hydrogen) atoms. The molecule has 0 amide bonds. The van der Waals surface area contributed by atoms with Gasteiger partial charge in [0.05, 0.1) is 0 Å². The number of carbonyl (C=O) groups is 1. The lowest BCUT2D eigenvalue weighted by Gasteiger charge is -2.24. The first kappa shape index (κ1) is 9.30. The van der Waals surface area contributed by atoms with Gasteiger partial charge in [0.15, 0.2) is 11.5 Å². The van der Waals surface area contributed by atoms with Gasteiger partial charge in [-0.15, -0.1) is 0 Å². The zero-order valence-electron chi connectivity index (χ0n) is 8.02. The number of hydrogen-bond acceptors (Lipinski definition) is 2. The van der Waals surface area contributed by atoms with Crippen LogP contribution in [0.4, 0.5) is 0 Å². The largest absolute Gasteiger partial charge is 0.485 e. The fourth-order valence-electron chi connectivity index (χ4n) is 1.16. The summed E-state index contributed by atoms with van der Waals surface area (Å²) in [6, 6.07) is 0. The fourth-order valence-corrected chi connectivity index (χ4v) is 1.16. The highest BCUT2D eigenvalue weighted by molar-refractivity contribution is 5.94. The first-order chi connectivity index (χ1) is 5.49. The number of hydrogen-bond donors (Lipinski definition) is 0. The quantitative estimate of drug-likeness (QED) is 0.601. The summed E-state index contributed by atoms with van der Waals surface area (Å²) in [7, 11) is 0. The highest BCUT2D eigenvalue weighted by atomic mass is 16.5. The molecule has 0 saturated heterocycles. The van der Waals surface area contributed by atoms with Gasteiger partial charge in [0.1, 0.15) is 5.60 Å². The van der Waals surface area contributed by atoms with Gasteiger partial charge in [-0.3, -0.25) is 4.79 Å². The van der Waals surface area contributed by atoms with Gasteiger partial charge in [-0.2, -0.15) is 0 Å². The van der Waals surface area contributed by atoms with Crippen molar-refractivity contribution < 1.29 is 9.53 Å². The molecule has 0 aromatic carbocycles. The predicted octanol–water partition coefficient (Wildman–Crippen LogP) is 2.44. The van der Waals surface area contributed by atoms with Crippen molar-refractivity contribution in [3.8, 4) is 0 Å². The molecule has 1 rings (SSSR count). The van der Waals surface area contributed by atoms with Crippen LogP contribution < -0.4 is 0 Å². The Bertz CT molecular complexity index is 208. The minimum atomic E-state index is -0.251. The molecule has 0 saturated carbocycles. The Morgan fingerprint density at radius 1 is 1.42 bits per heavy atom. The van der Waals surface area contributed by atoms with E-state index in [4.69, 9.17) is 4.74 Å². The number of ether oxygens (including phenoxy) is 1. The van der Waals surface area contributed by atoms with Crippen LogP contribution in [0.25, 0.3) is 0 Å². The highest BCUT2D eigenvalue weighted by Gasteiger charge is 2.20. The molecule has 0 atom stereocenters. The van der Waals surface area contributed by atoms with E-state index in [1.165, 1.54) is 0 Å². The third-order valence-electron chi connectivity index (χ3n) is 1.63. The van der Waals surface area contributed by atoms with Crippen LogP contribution in [0.3, 0.4) is 0 Å². The molecular weight excluding hydrogens is 152 g/mol. The Balaban J connectivity index is 2.62. The van der Waals surface area contributed by atoms with Crippen molar-refractivity contribution >= 4 is 5.78 Å². The Hall–Kier alpha value is -0.790. The van der Waals surface area contributed by atoms with Gasteiger partial charge in [-0.25, -0.2) is 0 Å². The summed E-state index contributed by atoms with van der Waals surface area (Å²) >= 11 is 0. The molecule has 0 bridgehead atoms. The lowest BCUT2D eigenvalue weighted by Crippen LogP contribution is -2.23. The summed E-state index contributed by atoms with van der Waals surface area (Å²) in [5.74, 6) is 0.713. The van der Waals surface area contributed by atoms with Crippen LogP contribution >= 0.6 is 0 Å². The lowest BCUT2D eigenvalue weighted by atomic mass is 10.0. The van der Waals surface area contributed by atoms with Gasteiger partial charge in [0.25, 0.3) is 0 Å². The number of carbonyl (C=O) groups excluding carboxylic acids is 1. The standard InChI is InChI=1S/C10H16O2/c1-10(2,3)12-9-7-5-4-6-8(9)11/h7H,4-6H2,1-3H3. The van der Waals surface area contributed by atoms with E-state index in [0.29, 0.717) is 12.2 Å². The maximum absolute atomic E-state index is 11.3. The first-order valence-electron chi connectivity index (χ1n) is 4.41. The maximum atomic E-state index is 11.3. The predicted molar refractivity (Wildman–Crippen MR) is 47.8 cm³/mol. The molecule has 0 aliphatic heterocycles. The van der Waals surface area contributed by atoms with E-state index in [9.17, 15) is 4.79 Å². The Kier molecular flexibility index (Phi) is 2.55. The van der Waals surface area contributed by atoms with E-state index in [0.717, 1.165) is 12.8 Å². The molecule has 0 aromatic heterocycles. The summed E-state index contributed by atoms with van der Waals surface area (Å²) in [6.45, 7) is 5.86. The molecule has 2 nitrogen and oxygen atoms in total. The average molecular weight is 168 g/mol. The first-order valence-corrected chi connectivity index (χ1v) is 4.41. The zero-order chi connectivity index (χ0) is 9.19. The van der Waals surface area contributed by atoms with Crippen LogP contribution in [0.2, 0.25) is 0 Å². The van der Waals surface area contributed by atoms with E-state index >= 15 is 0 Å². The van der Waals surface area contributed by atoms with Gasteiger partial charge < -0.3 is 4.74 Å². The van der Waals surface area contributed by atoms with Crippen LogP contribution in [0.1, 0.15) is 40.0 Å². The maximum Gasteiger partial charge on any atom is 0.197 e. The Morgan fingerprint density at radius 3 is 2.58 bits per heavy atom. The summed E-state index contributed by atoms with van der Waals surface area (Å²) in [4.78, 5) is 11.3. The Labute approximate surface area is 73.6 Å². The number of allylic oxidation sites excluding steroid dienone is 2. The molecule has 1 aliphatic carbocycles. The molecule has 0 radical (unpaired) electrons. The summed E-state index contributed by atoms with van der Waals surface area (Å²) in [5.41, 5.74) is -0.251. The molecule has 0 unspecified atom stereocenters. The molecule has 2 heteroatoms. The van der Waals surface area contributed by atoms with E-state index in [-0.39, 0.29) is 11.4 Å². The molecule has 0 heterocycles. The normalized spacial score (nSPS) is 18.9. The molecular formula is C10H16O2. The van der Waals surface area contributed by atoms with E-state index < -0.39 is 0 Å². The SMILES string of the molecule is CC(C)(C)OC1=CCCCC1=O. The third kappa shape index (κ3) is 2.68. The van der Waals surface area contributed by atoms with Crippen molar-refractivity contribution in [2.45, 2.75) is 45.6 Å². The van der Waals surface area contributed by atoms with Gasteiger partial charge in [-0.1, -0.05) is 0 Å². The molecule has 0 fully saturated rings. The van der Waals surface area contributed by atoms with Crippen molar-refractivity contribution in [2.75, 3.05) is 0 Å². The van der Waals surface area contributed by atoms with Crippen molar-refractivity contribution in [1.82, 2.24) is 0 Å². The van der Waals surface area contributed by atoms with Crippen molar-refractivity contribution in [2.24, 2.45) is 0 Å². The van der Waals surface area contributed by atoms with Gasteiger partial charge in [0, 0.05) is 6.42 Å². The van der Waals surface area contributed by atoms with Crippen molar-refractivity contribution in [3.05, 3.63) is 11.8 Å². The minimum Gasteiger partial charge on any atom is -0.485 e. The van der Waals surface area contributed by atoms with Gasteiger partial charge in [-0.05, 0) is 39.7 Å². The van der Waals surface area contributed by atoms with E-state index in [1.54, 1.807) is 0 Å². The minimum absolute atomic E-state index is 0.149. The second-order valence-electron chi connectivity index (χ2n) is 4.10. The smallest absolute Gasteiger partial charge is 0.197 e. The molecule has 1 aliphatic rings. The van der Waals surface area contributed by atoms with Gasteiger partial charge >= 0.3 is 0 Å². The third-order valence-corrected chi connectivity index (χ3v) is 1.63. The van der Waals surface area contributed by atoms with Gasteiger partial charge in [0.2, 0.25) is 0 Å². The molecule has 68 valence electrons. The van der Waals surface area contributed by atoms with Crippen LogP contribution in [0.15, 0.2) is 11.8 Å². The lowest BCUT2D eigenvalue weighted by molar-refractivity contribution is -0.122. The summed E-state index contributed by atoms with van der Waals surface area (Å²) in [5, 5.41) is 0. The van der Waals surface area contributed by atoms with Crippen LogP contribution in [-0.4, -0.2) is 11.4 Å². The Morgan fingerprint density at radius 2 is 2.08 bits per heavy atom. The monoisotopic (exact) mass is 168 g/mol. The number of Topliss-reactive ketones (excluding diaryl/α,β-unsaturated/α-hetero) is 1. The average Bonchev–Trinajstić information content (AvgIpc) is 1.91. The molecule has 0 N–H and O–H groups in total. The topological polar surface area (TPSA) is 26.3 Å². The summed E-state index contributed by atoms with van der Waals surface area (Å²) in [6.07, 6.45) is 4.48. The summed E-state index contributed by atoms with van der Waals surface area (Å²) < 4.78 is 5.50. The second-order valence-corrected chi connectivity index (χ2v) is 4.10. The number of rotatable bonds is 1. The molecule has 0 spiro atoms. The molecule has 0 aromatic rings. The van der Waals surface area contributed by atoms with Crippen LogP contribution in [0.5, 0.6) is 0 Å². The highest BCUT2D eigenvalue weighted by Crippen LogP contribution is 2.20. The van der Waals surface area contributed by atoms with E-state index in [2.05, 4.69) is 0 Å². The van der Waals surface area contributed by atoms with Crippen LogP contribution in [0, 0.1) is 0 Å². The van der Waals surface area contributed by atoms with E-state index in [1.807, 2.05) is 26.8 Å². The number of ketones is 1.